The number of ether oxygens (including phenoxy) is 6. The molecule has 2 unspecified atom stereocenters. The van der Waals surface area contributed by atoms with Gasteiger partial charge in [-0.05, 0) is 118 Å². The molecule has 10 heteroatoms. The lowest BCUT2D eigenvalue weighted by Crippen LogP contribution is -2.48. The molecule has 0 N–H and O–H groups in total. The number of rotatable bonds is 7. The van der Waals surface area contributed by atoms with Gasteiger partial charge in [0, 0.05) is 75.1 Å². The normalized spacial score (nSPS) is 20.4. The summed E-state index contributed by atoms with van der Waals surface area (Å²) in [6.07, 6.45) is 3.36. The van der Waals surface area contributed by atoms with Crippen LogP contribution in [-0.4, -0.2) is 107 Å². The van der Waals surface area contributed by atoms with Gasteiger partial charge in [-0.1, -0.05) is 18.2 Å². The fourth-order valence-electron chi connectivity index (χ4n) is 9.34. The summed E-state index contributed by atoms with van der Waals surface area (Å²) in [5, 5.41) is 0. The molecule has 56 heavy (non-hydrogen) atoms. The van der Waals surface area contributed by atoms with Gasteiger partial charge in [-0.2, -0.15) is 0 Å². The maximum Gasteiger partial charge on any atom is 0.204 e. The highest BCUT2D eigenvalue weighted by Crippen LogP contribution is 2.54. The first kappa shape index (κ1) is 38.4. The van der Waals surface area contributed by atoms with E-state index < -0.39 is 0 Å². The lowest BCUT2D eigenvalue weighted by Gasteiger charge is -2.40. The third kappa shape index (κ3) is 7.28. The Hall–Kier alpha value is -4.48. The van der Waals surface area contributed by atoms with Crippen LogP contribution >= 0.6 is 0 Å². The number of methoxy groups -OCH3 is 4. The lowest BCUT2D eigenvalue weighted by atomic mass is 9.84. The quantitative estimate of drug-likeness (QED) is 0.187. The third-order valence-corrected chi connectivity index (χ3v) is 12.6. The average molecular weight is 763 g/mol. The molecule has 5 aliphatic heterocycles. The standard InChI is InChI=1S/C46H58N4O6/c1-29(2)50-21-19-49(20-22-50)28-36-34-16-18-48(4)38-24-31-11-14-39(51-5)41(25-31)55-33-12-9-30(10-13-33)23-37-35-27-42(40(52-6)26-32(35)15-17-47(37)3)56-45(43(34)38)46(54-8)44(36)53-7/h9-14,25-27,29,37-38H,15-24,28H2,1-8H3. The molecule has 5 heterocycles. The molecule has 1 saturated heterocycles. The van der Waals surface area contributed by atoms with Crippen molar-refractivity contribution in [1.29, 1.82) is 0 Å². The minimum Gasteiger partial charge on any atom is -0.493 e. The monoisotopic (exact) mass is 762 g/mol. The number of benzene rings is 4. The van der Waals surface area contributed by atoms with Crippen molar-refractivity contribution in [2.75, 3.05) is 81.8 Å². The number of hydrogen-bond acceptors (Lipinski definition) is 10. The van der Waals surface area contributed by atoms with Crippen LogP contribution in [-0.2, 0) is 32.2 Å². The second-order valence-corrected chi connectivity index (χ2v) is 16.1. The Balaban J connectivity index is 1.34. The minimum absolute atomic E-state index is 0.0352. The molecule has 1 fully saturated rings. The molecular formula is C46H58N4O6. The first-order valence-corrected chi connectivity index (χ1v) is 20.2. The second-order valence-electron chi connectivity index (χ2n) is 16.1. The van der Waals surface area contributed by atoms with Gasteiger partial charge in [-0.15, -0.1) is 0 Å². The van der Waals surface area contributed by atoms with E-state index in [1.807, 2.05) is 6.07 Å². The highest BCUT2D eigenvalue weighted by Gasteiger charge is 2.38. The summed E-state index contributed by atoms with van der Waals surface area (Å²) in [5.74, 6) is 5.60. The molecule has 6 bridgehead atoms. The summed E-state index contributed by atoms with van der Waals surface area (Å²) >= 11 is 0. The van der Waals surface area contributed by atoms with E-state index in [9.17, 15) is 0 Å². The number of hydrogen-bond donors (Lipinski definition) is 0. The zero-order valence-corrected chi connectivity index (χ0v) is 34.4. The van der Waals surface area contributed by atoms with Crippen LogP contribution in [0.5, 0.6) is 46.0 Å². The van der Waals surface area contributed by atoms with Gasteiger partial charge < -0.3 is 28.4 Å². The van der Waals surface area contributed by atoms with Crippen LogP contribution in [0.25, 0.3) is 0 Å². The molecule has 298 valence electrons. The summed E-state index contributed by atoms with van der Waals surface area (Å²) in [5.41, 5.74) is 8.50. The SMILES string of the molecule is COc1ccc2cc1Oc1ccc(cc1)CC1c3cc(c(OC)cc3CCN1C)Oc1c(OC)c(OC)c(CN3CCN(C(C)C)CC3)c3c1C(C2)N(C)CC3. The number of likely N-dealkylation sites (N-methyl/N-ethyl adjacent to an activating group) is 2. The first-order valence-electron chi connectivity index (χ1n) is 20.2. The number of piperazine rings is 1. The molecular weight excluding hydrogens is 705 g/mol. The third-order valence-electron chi connectivity index (χ3n) is 12.6. The first-order chi connectivity index (χ1) is 27.2. The van der Waals surface area contributed by atoms with Crippen molar-refractivity contribution in [1.82, 2.24) is 19.6 Å². The van der Waals surface area contributed by atoms with Crippen LogP contribution in [0.3, 0.4) is 0 Å². The Bertz CT molecular complexity index is 2040. The van der Waals surface area contributed by atoms with Crippen LogP contribution in [0, 0.1) is 0 Å². The minimum atomic E-state index is -0.0352. The van der Waals surface area contributed by atoms with E-state index in [4.69, 9.17) is 28.4 Å². The molecule has 0 radical (unpaired) electrons. The molecule has 10 nitrogen and oxygen atoms in total. The Morgan fingerprint density at radius 3 is 2.02 bits per heavy atom. The van der Waals surface area contributed by atoms with E-state index >= 15 is 0 Å². The predicted octanol–water partition coefficient (Wildman–Crippen LogP) is 7.69. The average Bonchev–Trinajstić information content (AvgIpc) is 3.21. The van der Waals surface area contributed by atoms with Crippen LogP contribution in [0.1, 0.15) is 64.9 Å². The smallest absolute Gasteiger partial charge is 0.204 e. The maximum atomic E-state index is 7.29. The highest BCUT2D eigenvalue weighted by atomic mass is 16.5. The van der Waals surface area contributed by atoms with Gasteiger partial charge in [0.1, 0.15) is 5.75 Å². The highest BCUT2D eigenvalue weighted by molar-refractivity contribution is 5.67. The van der Waals surface area contributed by atoms with E-state index in [0.717, 1.165) is 94.1 Å². The number of fused-ring (bicyclic) bond motifs is 2. The van der Waals surface area contributed by atoms with E-state index in [-0.39, 0.29) is 12.1 Å². The molecule has 0 aliphatic carbocycles. The van der Waals surface area contributed by atoms with Gasteiger partial charge in [0.05, 0.1) is 28.4 Å². The van der Waals surface area contributed by atoms with Gasteiger partial charge in [-0.25, -0.2) is 0 Å². The van der Waals surface area contributed by atoms with Crippen molar-refractivity contribution in [2.45, 2.75) is 64.2 Å². The fourth-order valence-corrected chi connectivity index (χ4v) is 9.34. The van der Waals surface area contributed by atoms with Crippen LogP contribution < -0.4 is 28.4 Å². The summed E-state index contributed by atoms with van der Waals surface area (Å²) < 4.78 is 38.6. The molecule has 0 saturated carbocycles. The van der Waals surface area contributed by atoms with Crippen molar-refractivity contribution < 1.29 is 28.4 Å². The van der Waals surface area contributed by atoms with Gasteiger partial charge in [0.2, 0.25) is 5.75 Å². The predicted molar refractivity (Wildman–Crippen MR) is 220 cm³/mol. The zero-order chi connectivity index (χ0) is 39.1. The lowest BCUT2D eigenvalue weighted by molar-refractivity contribution is 0.103. The Morgan fingerprint density at radius 2 is 1.32 bits per heavy atom. The van der Waals surface area contributed by atoms with E-state index in [1.54, 1.807) is 28.4 Å². The van der Waals surface area contributed by atoms with Crippen molar-refractivity contribution in [3.8, 4) is 46.0 Å². The van der Waals surface area contributed by atoms with Crippen LogP contribution in [0.4, 0.5) is 0 Å². The molecule has 5 aliphatic rings. The van der Waals surface area contributed by atoms with E-state index in [0.29, 0.717) is 40.5 Å². The summed E-state index contributed by atoms with van der Waals surface area (Å²) in [6, 6.07) is 19.8. The Labute approximate surface area is 332 Å². The molecule has 4 aromatic carbocycles. The van der Waals surface area contributed by atoms with Crippen molar-refractivity contribution in [3.05, 3.63) is 93.5 Å². The van der Waals surface area contributed by atoms with E-state index in [2.05, 4.69) is 96.1 Å². The Kier molecular flexibility index (Phi) is 11.1. The van der Waals surface area contributed by atoms with E-state index in [1.165, 1.54) is 27.8 Å². The Morgan fingerprint density at radius 1 is 0.661 bits per heavy atom. The summed E-state index contributed by atoms with van der Waals surface area (Å²) in [6.45, 7) is 11.3. The largest absolute Gasteiger partial charge is 0.493 e. The van der Waals surface area contributed by atoms with Gasteiger partial charge in [0.15, 0.2) is 34.5 Å². The van der Waals surface area contributed by atoms with Gasteiger partial charge in [-0.3, -0.25) is 19.6 Å². The number of nitrogens with zero attached hydrogens (tertiary/aromatic N) is 4. The van der Waals surface area contributed by atoms with Crippen LogP contribution in [0.2, 0.25) is 0 Å². The molecule has 0 spiro atoms. The molecule has 0 aromatic heterocycles. The van der Waals surface area contributed by atoms with Gasteiger partial charge in [0.25, 0.3) is 0 Å². The second kappa shape index (κ2) is 16.2. The van der Waals surface area contributed by atoms with Crippen LogP contribution in [0.15, 0.2) is 54.6 Å². The van der Waals surface area contributed by atoms with Crippen molar-refractivity contribution >= 4 is 0 Å². The van der Waals surface area contributed by atoms with Crippen molar-refractivity contribution in [2.24, 2.45) is 0 Å². The topological polar surface area (TPSA) is 68.3 Å². The zero-order valence-electron chi connectivity index (χ0n) is 34.4. The fraction of sp³-hybridized carbons (Fsp3) is 0.478. The molecule has 4 aromatic rings. The maximum absolute atomic E-state index is 7.29. The molecule has 0 amide bonds. The van der Waals surface area contributed by atoms with Gasteiger partial charge >= 0.3 is 0 Å². The summed E-state index contributed by atoms with van der Waals surface area (Å²) in [4.78, 5) is 10.0. The molecule has 2 atom stereocenters. The summed E-state index contributed by atoms with van der Waals surface area (Å²) in [7, 11) is 11.3. The molecule has 9 rings (SSSR count). The van der Waals surface area contributed by atoms with Crippen molar-refractivity contribution in [3.63, 3.8) is 0 Å².